The number of halogens is 1. The topological polar surface area (TPSA) is 78.0 Å². The highest BCUT2D eigenvalue weighted by Gasteiger charge is 2.21. The molecule has 0 aliphatic rings. The molecule has 1 amide bonds. The number of aryl methyl sites for hydroxylation is 1. The van der Waals surface area contributed by atoms with Crippen LogP contribution in [-0.4, -0.2) is 21.2 Å². The lowest BCUT2D eigenvalue weighted by molar-refractivity contribution is -0.124. The maximum atomic E-state index is 13.2. The number of hydrogen-bond donors (Lipinski definition) is 3. The second-order valence-electron chi connectivity index (χ2n) is 5.42. The minimum Gasteiger partial charge on any atom is -0.378 e. The van der Waals surface area contributed by atoms with E-state index in [-0.39, 0.29) is 0 Å². The molecule has 6 heteroatoms. The number of aliphatic hydroxyl groups excluding tert-OH is 1. The van der Waals surface area contributed by atoms with Crippen LogP contribution in [0.25, 0.3) is 11.3 Å². The third-order valence-electron chi connectivity index (χ3n) is 3.73. The second-order valence-corrected chi connectivity index (χ2v) is 5.42. The highest BCUT2D eigenvalue weighted by atomic mass is 19.1. The molecule has 1 unspecified atom stereocenters. The molecule has 0 bridgehead atoms. The lowest BCUT2D eigenvalue weighted by Gasteiger charge is -2.14. The van der Waals surface area contributed by atoms with Crippen molar-refractivity contribution in [3.05, 3.63) is 71.7 Å². The minimum atomic E-state index is -1.40. The second kappa shape index (κ2) is 6.64. The van der Waals surface area contributed by atoms with Crippen molar-refractivity contribution >= 4 is 11.6 Å². The van der Waals surface area contributed by atoms with E-state index in [9.17, 15) is 14.3 Å². The summed E-state index contributed by atoms with van der Waals surface area (Å²) in [4.78, 5) is 12.3. The predicted molar refractivity (Wildman–Crippen MR) is 88.8 cm³/mol. The molecule has 0 saturated heterocycles. The van der Waals surface area contributed by atoms with Crippen LogP contribution in [-0.2, 0) is 4.79 Å². The highest BCUT2D eigenvalue weighted by Crippen LogP contribution is 2.26. The van der Waals surface area contributed by atoms with Gasteiger partial charge in [-0.3, -0.25) is 9.89 Å². The van der Waals surface area contributed by atoms with E-state index in [1.807, 2.05) is 30.3 Å². The summed E-state index contributed by atoms with van der Waals surface area (Å²) in [6.07, 6.45) is 0.0777. The van der Waals surface area contributed by atoms with Gasteiger partial charge in [0, 0.05) is 5.56 Å². The fourth-order valence-electron chi connectivity index (χ4n) is 2.49. The summed E-state index contributed by atoms with van der Waals surface area (Å²) in [6.45, 7) is 1.64. The van der Waals surface area contributed by atoms with Crippen LogP contribution < -0.4 is 5.32 Å². The Balaban J connectivity index is 1.82. The number of aromatic nitrogens is 2. The molecule has 2 aromatic carbocycles. The van der Waals surface area contributed by atoms with Gasteiger partial charge in [-0.15, -0.1) is 0 Å². The van der Waals surface area contributed by atoms with Crippen molar-refractivity contribution in [3.8, 4) is 11.3 Å². The smallest absolute Gasteiger partial charge is 0.257 e. The molecule has 3 N–H and O–H groups in total. The molecule has 0 aliphatic heterocycles. The zero-order chi connectivity index (χ0) is 17.1. The van der Waals surface area contributed by atoms with E-state index in [1.54, 1.807) is 6.92 Å². The molecule has 0 aliphatic carbocycles. The first kappa shape index (κ1) is 15.9. The van der Waals surface area contributed by atoms with Crippen molar-refractivity contribution < 1.29 is 14.3 Å². The number of aromatic amines is 1. The molecule has 24 heavy (non-hydrogen) atoms. The molecule has 0 fully saturated rings. The third kappa shape index (κ3) is 3.18. The number of H-pyrrole nitrogens is 1. The van der Waals surface area contributed by atoms with Gasteiger partial charge in [0.05, 0.1) is 17.6 Å². The van der Waals surface area contributed by atoms with Crippen molar-refractivity contribution in [2.24, 2.45) is 0 Å². The number of carbonyl (C=O) groups excluding carboxylic acids is 1. The Kier molecular flexibility index (Phi) is 4.39. The fraction of sp³-hybridized carbons (Fsp3) is 0.111. The molecule has 1 aromatic heterocycles. The van der Waals surface area contributed by atoms with Crippen LogP contribution in [0.4, 0.5) is 10.1 Å². The summed E-state index contributed by atoms with van der Waals surface area (Å²) in [5, 5.41) is 19.7. The fourth-order valence-corrected chi connectivity index (χ4v) is 2.49. The number of rotatable bonds is 4. The average molecular weight is 325 g/mol. The molecule has 0 radical (unpaired) electrons. The molecule has 5 nitrogen and oxygen atoms in total. The van der Waals surface area contributed by atoms with Crippen molar-refractivity contribution in [2.45, 2.75) is 13.0 Å². The van der Waals surface area contributed by atoms with E-state index in [0.29, 0.717) is 22.5 Å². The SMILES string of the molecule is Cc1cc(F)ccc1C(O)C(=O)Nc1cn[nH]c1-c1ccccc1. The van der Waals surface area contributed by atoms with Crippen molar-refractivity contribution in [3.63, 3.8) is 0 Å². The Morgan fingerprint density at radius 2 is 2.00 bits per heavy atom. The Morgan fingerprint density at radius 3 is 2.71 bits per heavy atom. The minimum absolute atomic E-state index is 0.360. The maximum absolute atomic E-state index is 13.2. The standard InChI is InChI=1S/C18H16FN3O2/c1-11-9-13(19)7-8-14(11)17(23)18(24)21-15-10-20-22-16(15)12-5-3-2-4-6-12/h2-10,17,23H,1H3,(H,20,22)(H,21,24). The van der Waals surface area contributed by atoms with Crippen LogP contribution in [0.15, 0.2) is 54.7 Å². The van der Waals surface area contributed by atoms with Crippen molar-refractivity contribution in [1.29, 1.82) is 0 Å². The number of hydrogen-bond acceptors (Lipinski definition) is 3. The van der Waals surface area contributed by atoms with E-state index >= 15 is 0 Å². The van der Waals surface area contributed by atoms with Gasteiger partial charge in [0.2, 0.25) is 0 Å². The Hall–Kier alpha value is -2.99. The Labute approximate surface area is 138 Å². The van der Waals surface area contributed by atoms with Gasteiger partial charge in [-0.1, -0.05) is 36.4 Å². The van der Waals surface area contributed by atoms with E-state index < -0.39 is 17.8 Å². The van der Waals surface area contributed by atoms with Crippen LogP contribution in [0, 0.1) is 12.7 Å². The van der Waals surface area contributed by atoms with Crippen LogP contribution in [0.3, 0.4) is 0 Å². The predicted octanol–water partition coefficient (Wildman–Crippen LogP) is 3.20. The van der Waals surface area contributed by atoms with Crippen LogP contribution in [0.2, 0.25) is 0 Å². The van der Waals surface area contributed by atoms with Crippen molar-refractivity contribution in [1.82, 2.24) is 10.2 Å². The van der Waals surface area contributed by atoms with Gasteiger partial charge in [0.15, 0.2) is 6.10 Å². The number of nitrogens with one attached hydrogen (secondary N) is 2. The average Bonchev–Trinajstić information content (AvgIpc) is 3.03. The van der Waals surface area contributed by atoms with E-state index in [1.165, 1.54) is 24.4 Å². The van der Waals surface area contributed by atoms with Crippen LogP contribution in [0.5, 0.6) is 0 Å². The lowest BCUT2D eigenvalue weighted by atomic mass is 10.0. The van der Waals surface area contributed by atoms with Gasteiger partial charge < -0.3 is 10.4 Å². The number of carbonyl (C=O) groups is 1. The molecule has 1 atom stereocenters. The molecule has 3 aromatic rings. The van der Waals surface area contributed by atoms with E-state index in [2.05, 4.69) is 15.5 Å². The van der Waals surface area contributed by atoms with E-state index in [0.717, 1.165) is 5.56 Å². The molecule has 122 valence electrons. The number of anilines is 1. The zero-order valence-electron chi connectivity index (χ0n) is 13.0. The molecule has 1 heterocycles. The van der Waals surface area contributed by atoms with Crippen LogP contribution in [0.1, 0.15) is 17.2 Å². The summed E-state index contributed by atoms with van der Waals surface area (Å²) in [6, 6.07) is 13.3. The quantitative estimate of drug-likeness (QED) is 0.689. The Morgan fingerprint density at radius 1 is 1.25 bits per heavy atom. The van der Waals surface area contributed by atoms with E-state index in [4.69, 9.17) is 0 Å². The molecular formula is C18H16FN3O2. The first-order valence-electron chi connectivity index (χ1n) is 7.40. The summed E-state index contributed by atoms with van der Waals surface area (Å²) in [7, 11) is 0. The highest BCUT2D eigenvalue weighted by molar-refractivity contribution is 5.97. The van der Waals surface area contributed by atoms with Crippen LogP contribution >= 0.6 is 0 Å². The summed E-state index contributed by atoms with van der Waals surface area (Å²) >= 11 is 0. The molecular weight excluding hydrogens is 309 g/mol. The molecule has 0 saturated carbocycles. The van der Waals surface area contributed by atoms with Crippen molar-refractivity contribution in [2.75, 3.05) is 5.32 Å². The first-order chi connectivity index (χ1) is 11.6. The summed E-state index contributed by atoms with van der Waals surface area (Å²) < 4.78 is 13.2. The van der Waals surface area contributed by atoms with Gasteiger partial charge in [-0.25, -0.2) is 4.39 Å². The maximum Gasteiger partial charge on any atom is 0.257 e. The summed E-state index contributed by atoms with van der Waals surface area (Å²) in [5.41, 5.74) is 2.83. The lowest BCUT2D eigenvalue weighted by Crippen LogP contribution is -2.21. The largest absolute Gasteiger partial charge is 0.378 e. The Bertz CT molecular complexity index is 862. The molecule has 0 spiro atoms. The van der Waals surface area contributed by atoms with Gasteiger partial charge in [-0.2, -0.15) is 5.10 Å². The number of amides is 1. The number of benzene rings is 2. The number of aliphatic hydroxyl groups is 1. The zero-order valence-corrected chi connectivity index (χ0v) is 13.0. The third-order valence-corrected chi connectivity index (χ3v) is 3.73. The summed E-state index contributed by atoms with van der Waals surface area (Å²) in [5.74, 6) is -1.02. The van der Waals surface area contributed by atoms with Gasteiger partial charge in [0.25, 0.3) is 5.91 Å². The molecule has 3 rings (SSSR count). The normalized spacial score (nSPS) is 12.0. The monoisotopic (exact) mass is 325 g/mol. The van der Waals surface area contributed by atoms with Gasteiger partial charge in [0.1, 0.15) is 5.82 Å². The number of nitrogens with zero attached hydrogens (tertiary/aromatic N) is 1. The van der Waals surface area contributed by atoms with Gasteiger partial charge >= 0.3 is 0 Å². The van der Waals surface area contributed by atoms with Gasteiger partial charge in [-0.05, 0) is 30.2 Å². The first-order valence-corrected chi connectivity index (χ1v) is 7.40.